The zero-order valence-electron chi connectivity index (χ0n) is 20.3. The van der Waals surface area contributed by atoms with E-state index in [0.29, 0.717) is 40.9 Å². The van der Waals surface area contributed by atoms with Crippen LogP contribution in [0, 0.1) is 11.3 Å². The largest absolute Gasteiger partial charge is 0.384 e. The Morgan fingerprint density at radius 2 is 1.89 bits per heavy atom. The molecule has 1 aliphatic heterocycles. The fraction of sp³-hybridized carbons (Fsp3) is 0.286. The smallest absolute Gasteiger partial charge is 0.219 e. The predicted octanol–water partition coefficient (Wildman–Crippen LogP) is 6.26. The lowest BCUT2D eigenvalue weighted by atomic mass is 9.75. The first kappa shape index (κ1) is 24.3. The molecule has 1 aliphatic carbocycles. The van der Waals surface area contributed by atoms with Gasteiger partial charge in [0.15, 0.2) is 10.1 Å². The number of carbonyl (C=O) groups is 1. The number of ketones is 1. The molecule has 0 radical (unpaired) electrons. The van der Waals surface area contributed by atoms with Crippen LogP contribution < -0.4 is 10.6 Å². The number of nitrogens with two attached hydrogens (primary N) is 1. The number of hydrogen-bond donors (Lipinski definition) is 1. The van der Waals surface area contributed by atoms with Gasteiger partial charge in [0.1, 0.15) is 5.82 Å². The summed E-state index contributed by atoms with van der Waals surface area (Å²) in [7, 11) is 0. The molecule has 1 unspecified atom stereocenters. The number of nitriles is 1. The molecule has 36 heavy (non-hydrogen) atoms. The highest BCUT2D eigenvalue weighted by atomic mass is 32.2. The Balaban J connectivity index is 1.53. The Morgan fingerprint density at radius 1 is 1.14 bits per heavy atom. The van der Waals surface area contributed by atoms with Gasteiger partial charge in [0.2, 0.25) is 5.13 Å². The summed E-state index contributed by atoms with van der Waals surface area (Å²) in [5, 5.41) is 19.6. The van der Waals surface area contributed by atoms with Crippen LogP contribution in [0.1, 0.15) is 61.6 Å². The van der Waals surface area contributed by atoms with Crippen molar-refractivity contribution in [3.63, 3.8) is 0 Å². The number of aromatic nitrogens is 2. The number of anilines is 1. The summed E-state index contributed by atoms with van der Waals surface area (Å²) in [6.07, 6.45) is 1.92. The summed E-state index contributed by atoms with van der Waals surface area (Å²) in [6, 6.07) is 20.7. The van der Waals surface area contributed by atoms with Crippen LogP contribution in [0.15, 0.2) is 81.6 Å². The maximum Gasteiger partial charge on any atom is 0.219 e. The van der Waals surface area contributed by atoms with Crippen molar-refractivity contribution in [2.24, 2.45) is 5.73 Å². The van der Waals surface area contributed by atoms with Crippen LogP contribution in [-0.2, 0) is 10.5 Å². The molecule has 1 aromatic heterocycles. The Bertz CT molecular complexity index is 1380. The monoisotopic (exact) mass is 513 g/mol. The van der Waals surface area contributed by atoms with Gasteiger partial charge in [0, 0.05) is 23.4 Å². The normalized spacial score (nSPS) is 18.0. The zero-order chi connectivity index (χ0) is 25.2. The second-order valence-electron chi connectivity index (χ2n) is 9.26. The summed E-state index contributed by atoms with van der Waals surface area (Å²) < 4.78 is 0.816. The van der Waals surface area contributed by atoms with E-state index in [1.807, 2.05) is 30.3 Å². The minimum Gasteiger partial charge on any atom is -0.384 e. The fourth-order valence-electron chi connectivity index (χ4n) is 4.78. The molecule has 0 fully saturated rings. The molecule has 2 aromatic carbocycles. The lowest BCUT2D eigenvalue weighted by Gasteiger charge is -2.38. The van der Waals surface area contributed by atoms with Gasteiger partial charge in [0.05, 0.1) is 17.6 Å². The first-order valence-corrected chi connectivity index (χ1v) is 13.8. The average Bonchev–Trinajstić information content (AvgIpc) is 3.36. The second kappa shape index (κ2) is 10.3. The van der Waals surface area contributed by atoms with E-state index >= 15 is 0 Å². The Labute approximate surface area is 219 Å². The van der Waals surface area contributed by atoms with Gasteiger partial charge in [-0.05, 0) is 35.4 Å². The predicted molar refractivity (Wildman–Crippen MR) is 144 cm³/mol. The Morgan fingerprint density at radius 3 is 2.58 bits per heavy atom. The van der Waals surface area contributed by atoms with Crippen molar-refractivity contribution in [1.82, 2.24) is 10.2 Å². The Kier molecular flexibility index (Phi) is 6.95. The summed E-state index contributed by atoms with van der Waals surface area (Å²) in [6.45, 7) is 4.29. The van der Waals surface area contributed by atoms with E-state index in [9.17, 15) is 10.1 Å². The molecule has 0 saturated carbocycles. The van der Waals surface area contributed by atoms with Gasteiger partial charge in [-0.2, -0.15) is 5.26 Å². The maximum atomic E-state index is 13.3. The highest BCUT2D eigenvalue weighted by Gasteiger charge is 2.41. The van der Waals surface area contributed by atoms with Crippen LogP contribution in [-0.4, -0.2) is 16.0 Å². The number of rotatable bonds is 6. The van der Waals surface area contributed by atoms with Crippen molar-refractivity contribution in [3.8, 4) is 6.07 Å². The van der Waals surface area contributed by atoms with Gasteiger partial charge < -0.3 is 5.73 Å². The van der Waals surface area contributed by atoms with Crippen molar-refractivity contribution < 1.29 is 4.79 Å². The molecule has 5 rings (SSSR count). The molecule has 3 aromatic rings. The number of hydrogen-bond acceptors (Lipinski definition) is 8. The van der Waals surface area contributed by atoms with Gasteiger partial charge in [-0.1, -0.05) is 91.5 Å². The lowest BCUT2D eigenvalue weighted by molar-refractivity contribution is -0.116. The standard InChI is InChI=1S/C28H27N5OS2/c1-17(2)19-11-13-20(14-12-19)24-21(15-29)26(30)33(22-9-6-10-23(34)25(22)24)27-31-32-28(36-27)35-16-18-7-4-3-5-8-18/h3-5,7-8,11-14,17,24H,6,9-10,16,30H2,1-2H3. The SMILES string of the molecule is CC(C)c1ccc(C2C(C#N)=C(N)N(c3nnc(SCc4ccccc4)s3)C3=C2C(=O)CCC3)cc1. The van der Waals surface area contributed by atoms with Crippen molar-refractivity contribution in [2.45, 2.75) is 55.0 Å². The molecular weight excluding hydrogens is 486 g/mol. The second-order valence-corrected chi connectivity index (χ2v) is 11.4. The number of nitrogens with zero attached hydrogens (tertiary/aromatic N) is 4. The van der Waals surface area contributed by atoms with Gasteiger partial charge in [-0.25, -0.2) is 0 Å². The third-order valence-corrected chi connectivity index (χ3v) is 8.75. The minimum absolute atomic E-state index is 0.0719. The van der Waals surface area contributed by atoms with E-state index in [1.165, 1.54) is 22.5 Å². The number of thioether (sulfide) groups is 1. The van der Waals surface area contributed by atoms with E-state index in [-0.39, 0.29) is 5.78 Å². The summed E-state index contributed by atoms with van der Waals surface area (Å²) in [5.41, 5.74) is 11.9. The van der Waals surface area contributed by atoms with Crippen molar-refractivity contribution >= 4 is 34.0 Å². The fourth-order valence-corrected chi connectivity index (χ4v) is 6.62. The Hall–Kier alpha value is -3.41. The number of allylic oxidation sites excluding steroid dienone is 3. The van der Waals surface area contributed by atoms with Crippen molar-refractivity contribution in [1.29, 1.82) is 5.26 Å². The molecule has 182 valence electrons. The van der Waals surface area contributed by atoms with Crippen LogP contribution in [0.5, 0.6) is 0 Å². The van der Waals surface area contributed by atoms with E-state index in [0.717, 1.165) is 27.8 Å². The third-order valence-electron chi connectivity index (χ3n) is 6.64. The molecule has 8 heteroatoms. The molecule has 2 heterocycles. The minimum atomic E-state index is -0.463. The molecule has 0 saturated heterocycles. The molecule has 2 aliphatic rings. The molecule has 2 N–H and O–H groups in total. The molecule has 0 spiro atoms. The number of Topliss-reactive ketones (excluding diaryl/α,β-unsaturated/α-hetero) is 1. The van der Waals surface area contributed by atoms with Crippen LogP contribution >= 0.6 is 23.1 Å². The summed E-state index contributed by atoms with van der Waals surface area (Å²) in [5.74, 6) is 1.12. The van der Waals surface area contributed by atoms with Crippen molar-refractivity contribution in [3.05, 3.63) is 94.0 Å². The van der Waals surface area contributed by atoms with Gasteiger partial charge in [-0.15, -0.1) is 10.2 Å². The van der Waals surface area contributed by atoms with E-state index < -0.39 is 5.92 Å². The molecule has 1 atom stereocenters. The van der Waals surface area contributed by atoms with E-state index in [1.54, 1.807) is 16.7 Å². The summed E-state index contributed by atoms with van der Waals surface area (Å²) in [4.78, 5) is 15.1. The van der Waals surface area contributed by atoms with Crippen molar-refractivity contribution in [2.75, 3.05) is 4.90 Å². The van der Waals surface area contributed by atoms with Crippen LogP contribution in [0.4, 0.5) is 5.13 Å². The highest BCUT2D eigenvalue weighted by Crippen LogP contribution is 2.47. The average molecular weight is 514 g/mol. The molecule has 6 nitrogen and oxygen atoms in total. The van der Waals surface area contributed by atoms with Crippen LogP contribution in [0.2, 0.25) is 0 Å². The number of carbonyl (C=O) groups excluding carboxylic acids is 1. The third kappa shape index (κ3) is 4.57. The zero-order valence-corrected chi connectivity index (χ0v) is 21.9. The summed E-state index contributed by atoms with van der Waals surface area (Å²) >= 11 is 3.04. The first-order chi connectivity index (χ1) is 17.5. The first-order valence-electron chi connectivity index (χ1n) is 12.0. The topological polar surface area (TPSA) is 95.9 Å². The molecule has 0 amide bonds. The molecular formula is C28H27N5OS2. The van der Waals surface area contributed by atoms with E-state index in [4.69, 9.17) is 5.73 Å². The number of benzene rings is 2. The molecule has 0 bridgehead atoms. The maximum absolute atomic E-state index is 13.3. The lowest BCUT2D eigenvalue weighted by Crippen LogP contribution is -2.38. The quantitative estimate of drug-likeness (QED) is 0.389. The van der Waals surface area contributed by atoms with Gasteiger partial charge in [0.25, 0.3) is 0 Å². The highest BCUT2D eigenvalue weighted by molar-refractivity contribution is 8.00. The van der Waals surface area contributed by atoms with E-state index in [2.05, 4.69) is 54.4 Å². The van der Waals surface area contributed by atoms with Gasteiger partial charge >= 0.3 is 0 Å². The van der Waals surface area contributed by atoms with Gasteiger partial charge in [-0.3, -0.25) is 9.69 Å². The van der Waals surface area contributed by atoms with Crippen LogP contribution in [0.25, 0.3) is 0 Å². The van der Waals surface area contributed by atoms with Crippen LogP contribution in [0.3, 0.4) is 0 Å².